The van der Waals surface area contributed by atoms with Crippen LogP contribution in [0.15, 0.2) is 0 Å². The van der Waals surface area contributed by atoms with Gasteiger partial charge in [0.05, 0.1) is 0 Å². The lowest BCUT2D eigenvalue weighted by molar-refractivity contribution is -0.108. The van der Waals surface area contributed by atoms with E-state index in [1.165, 1.54) is 0 Å². The van der Waals surface area contributed by atoms with E-state index < -0.39 is 6.03 Å². The fourth-order valence-corrected chi connectivity index (χ4v) is 0.0581. The molecule has 5 heteroatoms. The van der Waals surface area contributed by atoms with E-state index in [0.29, 0.717) is 0 Å². The highest BCUT2D eigenvalue weighted by atomic mass is 16.2. The van der Waals surface area contributed by atoms with E-state index in [9.17, 15) is 9.59 Å². The van der Waals surface area contributed by atoms with Gasteiger partial charge in [0, 0.05) is 0 Å². The Morgan fingerprint density at radius 2 is 2.14 bits per heavy atom. The molecule has 0 saturated heterocycles. The number of rotatable bonds is 1. The number of nitrogens with two attached hydrogens (primary N) is 1. The van der Waals surface area contributed by atoms with Gasteiger partial charge < -0.3 is 5.73 Å². The van der Waals surface area contributed by atoms with Crippen molar-refractivity contribution in [3.8, 4) is 0 Å². The molecule has 1 radical (unpaired) electrons. The zero-order valence-corrected chi connectivity index (χ0v) is 3.42. The third kappa shape index (κ3) is 11.4. The standard InChI is InChI=1S/C2H4N2O2.HO/c3-2(6)4-1-5;/h1H,(H3,3,4,5,6);1H. The van der Waals surface area contributed by atoms with Crippen LogP contribution in [0.25, 0.3) is 0 Å². The summed E-state index contributed by atoms with van der Waals surface area (Å²) in [5, 5.41) is 1.67. The Bertz CT molecular complexity index is 71.3. The van der Waals surface area contributed by atoms with Crippen LogP contribution in [0.5, 0.6) is 0 Å². The molecule has 0 fully saturated rings. The van der Waals surface area contributed by atoms with Crippen LogP contribution in [0.1, 0.15) is 0 Å². The summed E-state index contributed by atoms with van der Waals surface area (Å²) in [5.41, 5.74) is 4.42. The third-order valence-corrected chi connectivity index (χ3v) is 0.201. The molecule has 0 aliphatic carbocycles. The molecule has 0 spiro atoms. The maximum atomic E-state index is 9.48. The number of urea groups is 1. The van der Waals surface area contributed by atoms with E-state index >= 15 is 0 Å². The molecule has 7 heavy (non-hydrogen) atoms. The van der Waals surface area contributed by atoms with Gasteiger partial charge in [0.2, 0.25) is 6.41 Å². The Morgan fingerprint density at radius 1 is 1.71 bits per heavy atom. The van der Waals surface area contributed by atoms with Crippen LogP contribution in [0.2, 0.25) is 0 Å². The second-order valence-electron chi connectivity index (χ2n) is 0.626. The van der Waals surface area contributed by atoms with Gasteiger partial charge >= 0.3 is 6.03 Å². The van der Waals surface area contributed by atoms with Crippen LogP contribution < -0.4 is 11.1 Å². The van der Waals surface area contributed by atoms with Crippen molar-refractivity contribution in [2.24, 2.45) is 5.73 Å². The van der Waals surface area contributed by atoms with Gasteiger partial charge in [0.15, 0.2) is 0 Å². The minimum absolute atomic E-state index is 0. The lowest BCUT2D eigenvalue weighted by Gasteiger charge is -1.79. The Hall–Kier alpha value is -1.10. The number of carbonyl (C=O) groups is 2. The van der Waals surface area contributed by atoms with Crippen molar-refractivity contribution in [1.82, 2.24) is 5.32 Å². The number of primary amides is 1. The first-order valence-electron chi connectivity index (χ1n) is 1.27. The van der Waals surface area contributed by atoms with Crippen LogP contribution in [0.3, 0.4) is 0 Å². The zero-order valence-electron chi connectivity index (χ0n) is 3.42. The van der Waals surface area contributed by atoms with Crippen LogP contribution in [-0.4, -0.2) is 17.9 Å². The van der Waals surface area contributed by atoms with Crippen molar-refractivity contribution in [2.75, 3.05) is 0 Å². The minimum Gasteiger partial charge on any atom is -0.351 e. The molecule has 0 rings (SSSR count). The normalized spacial score (nSPS) is 5.71. The Morgan fingerprint density at radius 3 is 2.14 bits per heavy atom. The van der Waals surface area contributed by atoms with Gasteiger partial charge in [-0.25, -0.2) is 4.79 Å². The summed E-state index contributed by atoms with van der Waals surface area (Å²) >= 11 is 0. The van der Waals surface area contributed by atoms with E-state index in [1.807, 2.05) is 0 Å². The van der Waals surface area contributed by atoms with Crippen LogP contribution >= 0.6 is 0 Å². The molecule has 5 nitrogen and oxygen atoms in total. The predicted molar refractivity (Wildman–Crippen MR) is 20.7 cm³/mol. The van der Waals surface area contributed by atoms with Crippen molar-refractivity contribution in [3.05, 3.63) is 0 Å². The highest BCUT2D eigenvalue weighted by Crippen LogP contribution is 1.41. The fourth-order valence-electron chi connectivity index (χ4n) is 0.0581. The zero-order chi connectivity index (χ0) is 4.99. The fraction of sp³-hybridized carbons (Fsp3) is 0. The molecule has 4 N–H and O–H groups in total. The molecule has 0 aliphatic rings. The van der Waals surface area contributed by atoms with Crippen molar-refractivity contribution < 1.29 is 15.1 Å². The molecule has 0 aromatic carbocycles. The van der Waals surface area contributed by atoms with Gasteiger partial charge in [0.25, 0.3) is 0 Å². The van der Waals surface area contributed by atoms with Crippen LogP contribution in [0, 0.1) is 0 Å². The van der Waals surface area contributed by atoms with E-state index in [1.54, 1.807) is 5.32 Å². The molecule has 0 bridgehead atoms. The van der Waals surface area contributed by atoms with Gasteiger partial charge in [-0.05, 0) is 0 Å². The van der Waals surface area contributed by atoms with E-state index in [-0.39, 0.29) is 11.9 Å². The average Bonchev–Trinajstić information content (AvgIpc) is 1.35. The monoisotopic (exact) mass is 105 g/mol. The molecule has 0 aliphatic heterocycles. The smallest absolute Gasteiger partial charge is 0.318 e. The number of carbonyl (C=O) groups excluding carboxylic acids is 2. The van der Waals surface area contributed by atoms with Crippen LogP contribution in [-0.2, 0) is 4.79 Å². The van der Waals surface area contributed by atoms with Gasteiger partial charge in [-0.1, -0.05) is 0 Å². The molecular weight excluding hydrogens is 100 g/mol. The first-order chi connectivity index (χ1) is 2.77. The first-order valence-corrected chi connectivity index (χ1v) is 1.27. The minimum atomic E-state index is -0.829. The average molecular weight is 105 g/mol. The van der Waals surface area contributed by atoms with Crippen molar-refractivity contribution >= 4 is 12.4 Å². The number of hydrogen-bond donors (Lipinski definition) is 3. The summed E-state index contributed by atoms with van der Waals surface area (Å²) in [4.78, 5) is 18.7. The van der Waals surface area contributed by atoms with E-state index in [4.69, 9.17) is 0 Å². The maximum Gasteiger partial charge on any atom is 0.318 e. The van der Waals surface area contributed by atoms with Gasteiger partial charge in [-0.3, -0.25) is 15.6 Å². The Labute approximate surface area is 39.8 Å². The number of imide groups is 1. The molecule has 0 unspecified atom stereocenters. The molecule has 41 valence electrons. The van der Waals surface area contributed by atoms with Crippen molar-refractivity contribution in [1.29, 1.82) is 0 Å². The maximum absolute atomic E-state index is 9.48. The Balaban J connectivity index is 0. The number of nitrogens with one attached hydrogen (secondary N) is 1. The lowest BCUT2D eigenvalue weighted by Crippen LogP contribution is -2.27. The molecular formula is C2H5N2O3. The second kappa shape index (κ2) is 4.90. The van der Waals surface area contributed by atoms with Crippen molar-refractivity contribution in [3.63, 3.8) is 0 Å². The predicted octanol–water partition coefficient (Wildman–Crippen LogP) is -1.37. The molecule has 0 heterocycles. The summed E-state index contributed by atoms with van der Waals surface area (Å²) in [6.45, 7) is 0. The highest BCUT2D eigenvalue weighted by Gasteiger charge is 1.79. The van der Waals surface area contributed by atoms with E-state index in [0.717, 1.165) is 0 Å². The summed E-state index contributed by atoms with van der Waals surface area (Å²) in [6, 6.07) is -0.829. The molecule has 0 aromatic heterocycles. The lowest BCUT2D eigenvalue weighted by atomic mass is 11.0. The first kappa shape index (κ1) is 9.31. The quantitative estimate of drug-likeness (QED) is 0.358. The molecule has 0 aromatic rings. The summed E-state index contributed by atoms with van der Waals surface area (Å²) in [5.74, 6) is 0. The number of amides is 3. The topological polar surface area (TPSA) is 102 Å². The highest BCUT2D eigenvalue weighted by molar-refractivity contribution is 5.82. The SMILES string of the molecule is NC(=O)NC=O.[OH]. The largest absolute Gasteiger partial charge is 0.351 e. The number of hydrogen-bond acceptors (Lipinski definition) is 2. The van der Waals surface area contributed by atoms with Gasteiger partial charge in [0.1, 0.15) is 0 Å². The van der Waals surface area contributed by atoms with Crippen LogP contribution in [0.4, 0.5) is 4.79 Å². The molecule has 0 saturated carbocycles. The second-order valence-corrected chi connectivity index (χ2v) is 0.626. The molecule has 3 amide bonds. The Kier molecular flexibility index (Phi) is 6.52. The third-order valence-electron chi connectivity index (χ3n) is 0.201. The van der Waals surface area contributed by atoms with Crippen molar-refractivity contribution in [2.45, 2.75) is 0 Å². The van der Waals surface area contributed by atoms with Gasteiger partial charge in [-0.15, -0.1) is 0 Å². The van der Waals surface area contributed by atoms with Gasteiger partial charge in [-0.2, -0.15) is 0 Å². The summed E-state index contributed by atoms with van der Waals surface area (Å²) in [7, 11) is 0. The summed E-state index contributed by atoms with van der Waals surface area (Å²) in [6.07, 6.45) is 0.225. The molecule has 0 atom stereocenters. The summed E-state index contributed by atoms with van der Waals surface area (Å²) < 4.78 is 0. The van der Waals surface area contributed by atoms with E-state index in [2.05, 4.69) is 5.73 Å².